The molecule has 5 heteroatoms. The minimum absolute atomic E-state index is 0. The Morgan fingerprint density at radius 2 is 1.77 bits per heavy atom. The van der Waals surface area contributed by atoms with E-state index in [1.807, 2.05) is 35.2 Å². The van der Waals surface area contributed by atoms with E-state index < -0.39 is 0 Å². The summed E-state index contributed by atoms with van der Waals surface area (Å²) in [5.74, 6) is -0.166. The van der Waals surface area contributed by atoms with Crippen LogP contribution in [0.4, 0.5) is 4.39 Å². The molecule has 0 spiro atoms. The van der Waals surface area contributed by atoms with E-state index in [1.54, 1.807) is 12.1 Å². The van der Waals surface area contributed by atoms with Crippen LogP contribution in [-0.2, 0) is 13.0 Å². The monoisotopic (exact) mass is 376 g/mol. The second-order valence-electron chi connectivity index (χ2n) is 6.72. The van der Waals surface area contributed by atoms with Crippen LogP contribution in [-0.4, -0.2) is 23.4 Å². The van der Waals surface area contributed by atoms with E-state index in [4.69, 9.17) is 5.73 Å². The fourth-order valence-electron chi connectivity index (χ4n) is 3.56. The number of carbonyl (C=O) groups excluding carboxylic acids is 1. The molecule has 2 N–H and O–H groups in total. The molecule has 0 bridgehead atoms. The average molecular weight is 377 g/mol. The van der Waals surface area contributed by atoms with Gasteiger partial charge in [0.05, 0.1) is 0 Å². The Morgan fingerprint density at radius 3 is 2.38 bits per heavy atom. The summed E-state index contributed by atoms with van der Waals surface area (Å²) >= 11 is 0. The predicted molar refractivity (Wildman–Crippen MR) is 105 cm³/mol. The van der Waals surface area contributed by atoms with Crippen molar-refractivity contribution < 1.29 is 9.18 Å². The molecule has 1 aliphatic carbocycles. The molecule has 0 radical (unpaired) electrons. The molecule has 1 saturated carbocycles. The van der Waals surface area contributed by atoms with Crippen molar-refractivity contribution in [2.75, 3.05) is 6.54 Å². The molecule has 2 aromatic rings. The molecule has 2 aromatic carbocycles. The van der Waals surface area contributed by atoms with Crippen molar-refractivity contribution in [3.63, 3.8) is 0 Å². The zero-order valence-corrected chi connectivity index (χ0v) is 15.7. The summed E-state index contributed by atoms with van der Waals surface area (Å²) in [6.07, 6.45) is 5.10. The summed E-state index contributed by atoms with van der Waals surface area (Å²) in [5.41, 5.74) is 8.27. The molecule has 1 aliphatic rings. The van der Waals surface area contributed by atoms with Crippen LogP contribution < -0.4 is 5.73 Å². The summed E-state index contributed by atoms with van der Waals surface area (Å²) in [5, 5.41) is 0. The summed E-state index contributed by atoms with van der Waals surface area (Å²) in [4.78, 5) is 15.0. The van der Waals surface area contributed by atoms with E-state index >= 15 is 0 Å². The van der Waals surface area contributed by atoms with Crippen LogP contribution in [0.25, 0.3) is 0 Å². The van der Waals surface area contributed by atoms with Crippen LogP contribution in [0.1, 0.15) is 47.2 Å². The first-order valence-electron chi connectivity index (χ1n) is 9.02. The molecule has 0 saturated heterocycles. The van der Waals surface area contributed by atoms with E-state index in [0.717, 1.165) is 24.0 Å². The summed E-state index contributed by atoms with van der Waals surface area (Å²) < 4.78 is 13.4. The molecule has 1 amide bonds. The quantitative estimate of drug-likeness (QED) is 0.815. The van der Waals surface area contributed by atoms with Crippen LogP contribution >= 0.6 is 12.4 Å². The summed E-state index contributed by atoms with van der Waals surface area (Å²) in [6, 6.07) is 14.4. The molecule has 26 heavy (non-hydrogen) atoms. The van der Waals surface area contributed by atoms with Gasteiger partial charge in [-0.1, -0.05) is 37.1 Å². The lowest BCUT2D eigenvalue weighted by atomic mass is 10.1. The van der Waals surface area contributed by atoms with E-state index in [0.29, 0.717) is 25.1 Å². The highest BCUT2D eigenvalue weighted by Gasteiger charge is 2.27. The topological polar surface area (TPSA) is 46.3 Å². The molecule has 0 atom stereocenters. The van der Waals surface area contributed by atoms with Gasteiger partial charge in [0.1, 0.15) is 5.82 Å². The van der Waals surface area contributed by atoms with Crippen molar-refractivity contribution in [2.24, 2.45) is 5.73 Å². The molecular formula is C21H26ClFN2O. The fraction of sp³-hybridized carbons (Fsp3) is 0.381. The number of nitrogens with zero attached hydrogens (tertiary/aromatic N) is 1. The lowest BCUT2D eigenvalue weighted by molar-refractivity contribution is 0.0684. The second-order valence-corrected chi connectivity index (χ2v) is 6.72. The van der Waals surface area contributed by atoms with Crippen molar-refractivity contribution in [3.05, 3.63) is 71.0 Å². The van der Waals surface area contributed by atoms with Gasteiger partial charge in [0.15, 0.2) is 0 Å². The predicted octanol–water partition coefficient (Wildman–Crippen LogP) is 4.33. The lowest BCUT2D eigenvalue weighted by Gasteiger charge is -2.29. The van der Waals surface area contributed by atoms with Crippen molar-refractivity contribution in [3.8, 4) is 0 Å². The van der Waals surface area contributed by atoms with Crippen molar-refractivity contribution in [1.82, 2.24) is 4.90 Å². The zero-order chi connectivity index (χ0) is 17.6. The average Bonchev–Trinajstić information content (AvgIpc) is 3.16. The van der Waals surface area contributed by atoms with Gasteiger partial charge in [-0.15, -0.1) is 12.4 Å². The molecule has 0 aliphatic heterocycles. The highest BCUT2D eigenvalue weighted by molar-refractivity contribution is 5.94. The Morgan fingerprint density at radius 1 is 1.08 bits per heavy atom. The normalized spacial score (nSPS) is 14.1. The third-order valence-electron chi connectivity index (χ3n) is 4.99. The minimum Gasteiger partial charge on any atom is -0.335 e. The number of halogens is 2. The number of hydrogen-bond acceptors (Lipinski definition) is 2. The maximum absolute atomic E-state index is 13.4. The third-order valence-corrected chi connectivity index (χ3v) is 4.99. The molecule has 0 heterocycles. The SMILES string of the molecule is Cl.NCc1ccc(C(=O)N(CCc2cccc(F)c2)C2CCCC2)cc1. The van der Waals surface area contributed by atoms with Crippen LogP contribution in [0.15, 0.2) is 48.5 Å². The Hall–Kier alpha value is -1.91. The van der Waals surface area contributed by atoms with E-state index in [1.165, 1.54) is 18.9 Å². The van der Waals surface area contributed by atoms with Gasteiger partial charge < -0.3 is 10.6 Å². The van der Waals surface area contributed by atoms with Gasteiger partial charge >= 0.3 is 0 Å². The number of hydrogen-bond donors (Lipinski definition) is 1. The maximum atomic E-state index is 13.4. The van der Waals surface area contributed by atoms with Gasteiger partial charge in [0, 0.05) is 24.7 Å². The number of rotatable bonds is 6. The van der Waals surface area contributed by atoms with Gasteiger partial charge in [-0.2, -0.15) is 0 Å². The number of carbonyl (C=O) groups is 1. The Bertz CT molecular complexity index is 714. The smallest absolute Gasteiger partial charge is 0.254 e. The Balaban J connectivity index is 0.00000243. The highest BCUT2D eigenvalue weighted by Crippen LogP contribution is 2.25. The molecule has 1 fully saturated rings. The lowest BCUT2D eigenvalue weighted by Crippen LogP contribution is -2.40. The van der Waals surface area contributed by atoms with Gasteiger partial charge in [-0.25, -0.2) is 4.39 Å². The summed E-state index contributed by atoms with van der Waals surface area (Å²) in [7, 11) is 0. The van der Waals surface area contributed by atoms with Crippen LogP contribution in [0, 0.1) is 5.82 Å². The van der Waals surface area contributed by atoms with Crippen molar-refractivity contribution >= 4 is 18.3 Å². The molecular weight excluding hydrogens is 351 g/mol. The number of benzene rings is 2. The van der Waals surface area contributed by atoms with E-state index in [2.05, 4.69) is 0 Å². The van der Waals surface area contributed by atoms with Gasteiger partial charge in [-0.05, 0) is 54.7 Å². The molecule has 3 rings (SSSR count). The van der Waals surface area contributed by atoms with E-state index in [9.17, 15) is 9.18 Å². The number of amides is 1. The third kappa shape index (κ3) is 5.05. The second kappa shape index (κ2) is 9.70. The Labute approximate surface area is 160 Å². The maximum Gasteiger partial charge on any atom is 0.254 e. The van der Waals surface area contributed by atoms with Gasteiger partial charge in [0.2, 0.25) is 0 Å². The number of nitrogens with two attached hydrogens (primary N) is 1. The first kappa shape index (κ1) is 20.4. The van der Waals surface area contributed by atoms with Gasteiger partial charge in [-0.3, -0.25) is 4.79 Å². The minimum atomic E-state index is -0.228. The Kier molecular flexibility index (Phi) is 7.61. The van der Waals surface area contributed by atoms with Crippen LogP contribution in [0.5, 0.6) is 0 Å². The van der Waals surface area contributed by atoms with Crippen molar-refractivity contribution in [2.45, 2.75) is 44.7 Å². The van der Waals surface area contributed by atoms with Gasteiger partial charge in [0.25, 0.3) is 5.91 Å². The molecule has 3 nitrogen and oxygen atoms in total. The first-order chi connectivity index (χ1) is 12.2. The zero-order valence-electron chi connectivity index (χ0n) is 14.9. The first-order valence-corrected chi connectivity index (χ1v) is 9.02. The highest BCUT2D eigenvalue weighted by atomic mass is 35.5. The van der Waals surface area contributed by atoms with Crippen LogP contribution in [0.2, 0.25) is 0 Å². The largest absolute Gasteiger partial charge is 0.335 e. The molecule has 140 valence electrons. The standard InChI is InChI=1S/C21H25FN2O.ClH/c22-19-5-3-4-16(14-19)12-13-24(20-6-1-2-7-20)21(25)18-10-8-17(15-23)9-11-18;/h3-5,8-11,14,20H,1-2,6-7,12-13,15,23H2;1H. The fourth-order valence-corrected chi connectivity index (χ4v) is 3.56. The molecule has 0 aromatic heterocycles. The summed E-state index contributed by atoms with van der Waals surface area (Å²) in [6.45, 7) is 1.09. The van der Waals surface area contributed by atoms with E-state index in [-0.39, 0.29) is 30.2 Å². The van der Waals surface area contributed by atoms with Crippen LogP contribution in [0.3, 0.4) is 0 Å². The molecule has 0 unspecified atom stereocenters. The van der Waals surface area contributed by atoms with Crippen molar-refractivity contribution in [1.29, 1.82) is 0 Å².